The molecule has 0 aliphatic heterocycles. The van der Waals surface area contributed by atoms with Gasteiger partial charge in [0.2, 0.25) is 5.78 Å². The molecular weight excluding hydrogens is 170 g/mol. The Kier molecular flexibility index (Phi) is 2.74. The van der Waals surface area contributed by atoms with Crippen LogP contribution in [0.15, 0.2) is 18.3 Å². The molecule has 68 valence electrons. The zero-order chi connectivity index (χ0) is 9.84. The zero-order valence-corrected chi connectivity index (χ0v) is 7.15. The van der Waals surface area contributed by atoms with Gasteiger partial charge in [-0.05, 0) is 18.6 Å². The Hall–Kier alpha value is -1.71. The highest BCUT2D eigenvalue weighted by Gasteiger charge is 2.13. The molecule has 1 aromatic rings. The van der Waals surface area contributed by atoms with Crippen LogP contribution in [0, 0.1) is 6.92 Å². The Morgan fingerprint density at radius 1 is 1.54 bits per heavy atom. The van der Waals surface area contributed by atoms with E-state index in [1.54, 1.807) is 19.1 Å². The Balaban J connectivity index is 2.81. The van der Waals surface area contributed by atoms with Gasteiger partial charge in [-0.2, -0.15) is 0 Å². The van der Waals surface area contributed by atoms with Crippen molar-refractivity contribution in [2.45, 2.75) is 13.3 Å². The molecule has 1 heterocycles. The molecule has 0 unspecified atom stereocenters. The van der Waals surface area contributed by atoms with Crippen LogP contribution in [0.1, 0.15) is 11.3 Å². The highest BCUT2D eigenvalue weighted by Crippen LogP contribution is 2.04. The Bertz CT molecular complexity index is 346. The van der Waals surface area contributed by atoms with Crippen LogP contribution in [0.5, 0.6) is 0 Å². The number of carbonyl (C=O) groups excluding carboxylic acids is 1. The summed E-state index contributed by atoms with van der Waals surface area (Å²) in [5.74, 6) is -2.24. The monoisotopic (exact) mass is 179 g/mol. The number of hydrogen-bond acceptors (Lipinski definition) is 3. The lowest BCUT2D eigenvalue weighted by Gasteiger charge is -2.00. The van der Waals surface area contributed by atoms with E-state index in [2.05, 4.69) is 4.98 Å². The average Bonchev–Trinajstić information content (AvgIpc) is 2.08. The van der Waals surface area contributed by atoms with E-state index in [0.717, 1.165) is 5.56 Å². The number of carboxylic acid groups (broad SMARTS) is 1. The number of carbonyl (C=O) groups is 2. The minimum absolute atomic E-state index is 0.137. The minimum atomic E-state index is -1.41. The van der Waals surface area contributed by atoms with Gasteiger partial charge in [-0.15, -0.1) is 0 Å². The van der Waals surface area contributed by atoms with Gasteiger partial charge in [-0.25, -0.2) is 4.79 Å². The summed E-state index contributed by atoms with van der Waals surface area (Å²) in [5.41, 5.74) is 1.35. The van der Waals surface area contributed by atoms with Crippen LogP contribution in [0.3, 0.4) is 0 Å². The molecule has 0 spiro atoms. The second kappa shape index (κ2) is 3.80. The molecule has 0 fully saturated rings. The molecule has 1 aromatic heterocycles. The van der Waals surface area contributed by atoms with Crippen molar-refractivity contribution in [1.29, 1.82) is 0 Å². The van der Waals surface area contributed by atoms with Gasteiger partial charge in [0.25, 0.3) is 0 Å². The maximum absolute atomic E-state index is 10.8. The molecule has 1 N–H and O–H groups in total. The first-order valence-corrected chi connectivity index (χ1v) is 3.78. The van der Waals surface area contributed by atoms with Crippen LogP contribution in [0.25, 0.3) is 0 Å². The number of ketones is 1. The number of hydrogen-bond donors (Lipinski definition) is 1. The normalized spacial score (nSPS) is 9.62. The fourth-order valence-electron chi connectivity index (χ4n) is 0.931. The van der Waals surface area contributed by atoms with Crippen molar-refractivity contribution < 1.29 is 14.7 Å². The lowest BCUT2D eigenvalue weighted by atomic mass is 10.1. The Labute approximate surface area is 75.2 Å². The molecule has 0 aliphatic carbocycles. The maximum atomic E-state index is 10.8. The molecule has 1 rings (SSSR count). The third-order valence-corrected chi connectivity index (χ3v) is 1.68. The first kappa shape index (κ1) is 9.38. The molecule has 0 radical (unpaired) electrons. The largest absolute Gasteiger partial charge is 0.475 e. The first-order valence-electron chi connectivity index (χ1n) is 3.78. The molecule has 0 saturated carbocycles. The number of pyridine rings is 1. The summed E-state index contributed by atoms with van der Waals surface area (Å²) in [7, 11) is 0. The number of aryl methyl sites for hydroxylation is 1. The SMILES string of the molecule is Cc1cccnc1CC(=O)C(=O)O. The Morgan fingerprint density at radius 3 is 2.77 bits per heavy atom. The van der Waals surface area contributed by atoms with Crippen LogP contribution >= 0.6 is 0 Å². The number of aromatic nitrogens is 1. The van der Waals surface area contributed by atoms with Gasteiger partial charge >= 0.3 is 5.97 Å². The zero-order valence-electron chi connectivity index (χ0n) is 7.15. The summed E-state index contributed by atoms with van der Waals surface area (Å²) < 4.78 is 0. The predicted octanol–water partition coefficient (Wildman–Crippen LogP) is 0.586. The summed E-state index contributed by atoms with van der Waals surface area (Å²) in [5, 5.41) is 8.36. The van der Waals surface area contributed by atoms with E-state index >= 15 is 0 Å². The lowest BCUT2D eigenvalue weighted by Crippen LogP contribution is -2.16. The second-order valence-electron chi connectivity index (χ2n) is 2.67. The van der Waals surface area contributed by atoms with Crippen molar-refractivity contribution in [2.24, 2.45) is 0 Å². The van der Waals surface area contributed by atoms with E-state index < -0.39 is 11.8 Å². The third kappa shape index (κ3) is 2.37. The van der Waals surface area contributed by atoms with Crippen LogP contribution in [0.4, 0.5) is 0 Å². The molecule has 13 heavy (non-hydrogen) atoms. The number of rotatable bonds is 3. The highest BCUT2D eigenvalue weighted by molar-refractivity contribution is 6.33. The summed E-state index contributed by atoms with van der Waals surface area (Å²) in [6.07, 6.45) is 1.40. The lowest BCUT2D eigenvalue weighted by molar-refractivity contribution is -0.148. The van der Waals surface area contributed by atoms with Gasteiger partial charge in [-0.1, -0.05) is 6.07 Å². The molecule has 4 nitrogen and oxygen atoms in total. The summed E-state index contributed by atoms with van der Waals surface area (Å²) in [6, 6.07) is 3.53. The van der Waals surface area contributed by atoms with Gasteiger partial charge in [0.1, 0.15) is 0 Å². The fraction of sp³-hybridized carbons (Fsp3) is 0.222. The Morgan fingerprint density at radius 2 is 2.23 bits per heavy atom. The minimum Gasteiger partial charge on any atom is -0.475 e. The molecule has 0 bridgehead atoms. The molecular formula is C9H9NO3. The van der Waals surface area contributed by atoms with E-state index in [4.69, 9.17) is 5.11 Å². The average molecular weight is 179 g/mol. The van der Waals surface area contributed by atoms with Crippen molar-refractivity contribution >= 4 is 11.8 Å². The van der Waals surface area contributed by atoms with E-state index in [0.29, 0.717) is 5.69 Å². The smallest absolute Gasteiger partial charge is 0.372 e. The molecule has 0 aromatic carbocycles. The van der Waals surface area contributed by atoms with E-state index in [9.17, 15) is 9.59 Å². The van der Waals surface area contributed by atoms with Gasteiger partial charge in [0, 0.05) is 6.20 Å². The summed E-state index contributed by atoms with van der Waals surface area (Å²) in [6.45, 7) is 1.79. The summed E-state index contributed by atoms with van der Waals surface area (Å²) in [4.78, 5) is 25.0. The van der Waals surface area contributed by atoms with Gasteiger partial charge in [0.15, 0.2) is 0 Å². The molecule has 0 saturated heterocycles. The summed E-state index contributed by atoms with van der Waals surface area (Å²) >= 11 is 0. The van der Waals surface area contributed by atoms with Crippen LogP contribution < -0.4 is 0 Å². The van der Waals surface area contributed by atoms with E-state index in [1.807, 2.05) is 0 Å². The van der Waals surface area contributed by atoms with Crippen molar-refractivity contribution in [3.8, 4) is 0 Å². The molecule has 0 aliphatic rings. The van der Waals surface area contributed by atoms with Crippen LogP contribution in [0.2, 0.25) is 0 Å². The standard InChI is InChI=1S/C9H9NO3/c1-6-3-2-4-10-7(6)5-8(11)9(12)13/h2-4H,5H2,1H3,(H,12,13). The third-order valence-electron chi connectivity index (χ3n) is 1.68. The van der Waals surface area contributed by atoms with Gasteiger partial charge in [0.05, 0.1) is 12.1 Å². The number of Topliss-reactive ketones (excluding diaryl/α,β-unsaturated/α-hetero) is 1. The van der Waals surface area contributed by atoms with Crippen molar-refractivity contribution in [3.05, 3.63) is 29.6 Å². The molecule has 0 amide bonds. The van der Waals surface area contributed by atoms with E-state index in [-0.39, 0.29) is 6.42 Å². The predicted molar refractivity (Wildman–Crippen MR) is 45.3 cm³/mol. The number of nitrogens with zero attached hydrogens (tertiary/aromatic N) is 1. The topological polar surface area (TPSA) is 67.3 Å². The molecule has 4 heteroatoms. The van der Waals surface area contributed by atoms with Crippen LogP contribution in [-0.4, -0.2) is 21.8 Å². The molecule has 0 atom stereocenters. The first-order chi connectivity index (χ1) is 6.11. The second-order valence-corrected chi connectivity index (χ2v) is 2.67. The van der Waals surface area contributed by atoms with Crippen LogP contribution in [-0.2, 0) is 16.0 Å². The highest BCUT2D eigenvalue weighted by atomic mass is 16.4. The van der Waals surface area contributed by atoms with Crippen molar-refractivity contribution in [2.75, 3.05) is 0 Å². The quantitative estimate of drug-likeness (QED) is 0.689. The fourth-order valence-corrected chi connectivity index (χ4v) is 0.931. The van der Waals surface area contributed by atoms with E-state index in [1.165, 1.54) is 6.20 Å². The van der Waals surface area contributed by atoms with Crippen molar-refractivity contribution in [3.63, 3.8) is 0 Å². The van der Waals surface area contributed by atoms with Gasteiger partial charge < -0.3 is 5.11 Å². The number of carboxylic acids is 1. The number of aliphatic carboxylic acids is 1. The van der Waals surface area contributed by atoms with Crippen molar-refractivity contribution in [1.82, 2.24) is 4.98 Å². The maximum Gasteiger partial charge on any atom is 0.372 e. The van der Waals surface area contributed by atoms with Gasteiger partial charge in [-0.3, -0.25) is 9.78 Å².